The Kier molecular flexibility index (Phi) is 5.89. The highest BCUT2D eigenvalue weighted by molar-refractivity contribution is 7.99. The number of thioether (sulfide) groups is 1. The minimum absolute atomic E-state index is 0.0823. The summed E-state index contributed by atoms with van der Waals surface area (Å²) in [5, 5.41) is 0.0823. The summed E-state index contributed by atoms with van der Waals surface area (Å²) in [5.41, 5.74) is 2.17. The summed E-state index contributed by atoms with van der Waals surface area (Å²) in [6, 6.07) is 16.3. The molecule has 0 bridgehead atoms. The van der Waals surface area contributed by atoms with Crippen LogP contribution in [0.4, 0.5) is 5.69 Å². The molecule has 5 heteroatoms. The van der Waals surface area contributed by atoms with E-state index in [4.69, 9.17) is 4.74 Å². The minimum Gasteiger partial charge on any atom is -0.497 e. The zero-order valence-corrected chi connectivity index (χ0v) is 16.6. The Hall–Kier alpha value is -1.98. The van der Waals surface area contributed by atoms with Crippen LogP contribution in [-0.2, 0) is 4.79 Å². The lowest BCUT2D eigenvalue weighted by molar-refractivity contribution is -0.121. The van der Waals surface area contributed by atoms with Gasteiger partial charge in [-0.1, -0.05) is 31.2 Å². The van der Waals surface area contributed by atoms with Crippen molar-refractivity contribution >= 4 is 23.4 Å². The van der Waals surface area contributed by atoms with Crippen molar-refractivity contribution in [3.63, 3.8) is 0 Å². The summed E-state index contributed by atoms with van der Waals surface area (Å²) in [6.07, 6.45) is 0. The summed E-state index contributed by atoms with van der Waals surface area (Å²) >= 11 is 1.78. The Morgan fingerprint density at radius 3 is 2.46 bits per heavy atom. The SMILES string of the molecule is COc1ccc(C2Sc3ccccc3N(CCN(C)C)C(=O)C2C)cc1. The van der Waals surface area contributed by atoms with Gasteiger partial charge in [-0.2, -0.15) is 0 Å². The number of ether oxygens (including phenoxy) is 1. The van der Waals surface area contributed by atoms with E-state index in [-0.39, 0.29) is 17.1 Å². The second kappa shape index (κ2) is 8.14. The van der Waals surface area contributed by atoms with Crippen molar-refractivity contribution in [1.29, 1.82) is 0 Å². The van der Waals surface area contributed by atoms with Gasteiger partial charge in [0.1, 0.15) is 5.75 Å². The molecule has 2 aromatic carbocycles. The number of benzene rings is 2. The summed E-state index contributed by atoms with van der Waals surface area (Å²) < 4.78 is 5.27. The molecule has 2 unspecified atom stereocenters. The summed E-state index contributed by atoms with van der Waals surface area (Å²) in [6.45, 7) is 3.58. The Labute approximate surface area is 160 Å². The molecule has 2 aromatic rings. The molecule has 4 nitrogen and oxygen atoms in total. The van der Waals surface area contributed by atoms with Crippen LogP contribution in [0, 0.1) is 5.92 Å². The first kappa shape index (κ1) is 18.8. The highest BCUT2D eigenvalue weighted by atomic mass is 32.2. The van der Waals surface area contributed by atoms with E-state index in [1.54, 1.807) is 18.9 Å². The fourth-order valence-corrected chi connectivity index (χ4v) is 4.54. The van der Waals surface area contributed by atoms with Gasteiger partial charge in [0.2, 0.25) is 5.91 Å². The fourth-order valence-electron chi connectivity index (χ4n) is 3.19. The Balaban J connectivity index is 1.97. The lowest BCUT2D eigenvalue weighted by Crippen LogP contribution is -2.40. The van der Waals surface area contributed by atoms with Crippen LogP contribution in [0.3, 0.4) is 0 Å². The molecule has 138 valence electrons. The van der Waals surface area contributed by atoms with Gasteiger partial charge in [0, 0.05) is 23.2 Å². The van der Waals surface area contributed by atoms with E-state index in [0.717, 1.165) is 28.4 Å². The number of hydrogen-bond donors (Lipinski definition) is 0. The maximum atomic E-state index is 13.3. The van der Waals surface area contributed by atoms with Crippen molar-refractivity contribution < 1.29 is 9.53 Å². The first-order chi connectivity index (χ1) is 12.5. The number of amides is 1. The molecule has 0 N–H and O–H groups in total. The van der Waals surface area contributed by atoms with E-state index in [1.807, 2.05) is 50.2 Å². The second-order valence-electron chi connectivity index (χ2n) is 6.86. The van der Waals surface area contributed by atoms with Crippen molar-refractivity contribution in [2.45, 2.75) is 17.1 Å². The number of fused-ring (bicyclic) bond motifs is 1. The lowest BCUT2D eigenvalue weighted by atomic mass is 9.98. The van der Waals surface area contributed by atoms with Crippen molar-refractivity contribution in [2.24, 2.45) is 5.92 Å². The summed E-state index contributed by atoms with van der Waals surface area (Å²) in [4.78, 5) is 18.5. The Bertz CT molecular complexity index is 761. The van der Waals surface area contributed by atoms with Crippen molar-refractivity contribution in [3.8, 4) is 5.75 Å². The van der Waals surface area contributed by atoms with Crippen molar-refractivity contribution in [3.05, 3.63) is 54.1 Å². The third-order valence-electron chi connectivity index (χ3n) is 4.73. The second-order valence-corrected chi connectivity index (χ2v) is 8.04. The number of nitrogens with zero attached hydrogens (tertiary/aromatic N) is 2. The lowest BCUT2D eigenvalue weighted by Gasteiger charge is -2.27. The van der Waals surface area contributed by atoms with Crippen LogP contribution >= 0.6 is 11.8 Å². The van der Waals surface area contributed by atoms with Gasteiger partial charge in [0.15, 0.2) is 0 Å². The number of hydrogen-bond acceptors (Lipinski definition) is 4. The highest BCUT2D eigenvalue weighted by Gasteiger charge is 2.35. The molecule has 3 rings (SSSR count). The molecular formula is C21H26N2O2S. The molecule has 1 amide bonds. The number of para-hydroxylation sites is 1. The molecule has 0 aromatic heterocycles. The van der Waals surface area contributed by atoms with Gasteiger partial charge in [-0.25, -0.2) is 0 Å². The molecule has 1 aliphatic heterocycles. The quantitative estimate of drug-likeness (QED) is 0.794. The van der Waals surface area contributed by atoms with E-state index in [0.29, 0.717) is 6.54 Å². The van der Waals surface area contributed by atoms with E-state index in [1.165, 1.54) is 0 Å². The normalized spacial score (nSPS) is 20.0. The molecule has 1 aliphatic rings. The molecule has 0 radical (unpaired) electrons. The fraction of sp³-hybridized carbons (Fsp3) is 0.381. The van der Waals surface area contributed by atoms with Crippen LogP contribution < -0.4 is 9.64 Å². The molecule has 0 saturated carbocycles. The molecule has 26 heavy (non-hydrogen) atoms. The van der Waals surface area contributed by atoms with E-state index < -0.39 is 0 Å². The van der Waals surface area contributed by atoms with E-state index >= 15 is 0 Å². The van der Waals surface area contributed by atoms with Crippen molar-refractivity contribution in [1.82, 2.24) is 4.90 Å². The number of carbonyl (C=O) groups is 1. The van der Waals surface area contributed by atoms with Crippen LogP contribution in [0.1, 0.15) is 17.7 Å². The first-order valence-corrected chi connectivity index (χ1v) is 9.75. The first-order valence-electron chi connectivity index (χ1n) is 8.87. The topological polar surface area (TPSA) is 32.8 Å². The molecular weight excluding hydrogens is 344 g/mol. The molecule has 2 atom stereocenters. The molecule has 0 fully saturated rings. The van der Waals surface area contributed by atoms with Gasteiger partial charge in [0.05, 0.1) is 18.7 Å². The van der Waals surface area contributed by atoms with E-state index in [2.05, 4.69) is 29.2 Å². The average Bonchev–Trinajstić information content (AvgIpc) is 2.76. The van der Waals surface area contributed by atoms with Crippen LogP contribution in [0.15, 0.2) is 53.4 Å². The van der Waals surface area contributed by atoms with Crippen molar-refractivity contribution in [2.75, 3.05) is 39.2 Å². The van der Waals surface area contributed by atoms with Gasteiger partial charge in [-0.05, 0) is 43.9 Å². The molecule has 1 heterocycles. The average molecular weight is 371 g/mol. The van der Waals surface area contributed by atoms with Gasteiger partial charge >= 0.3 is 0 Å². The molecule has 0 spiro atoms. The predicted molar refractivity (Wildman–Crippen MR) is 108 cm³/mol. The third kappa shape index (κ3) is 3.89. The Morgan fingerprint density at radius 2 is 1.81 bits per heavy atom. The number of likely N-dealkylation sites (N-methyl/N-ethyl adjacent to an activating group) is 1. The zero-order chi connectivity index (χ0) is 18.7. The largest absolute Gasteiger partial charge is 0.497 e. The van der Waals surface area contributed by atoms with Gasteiger partial charge < -0.3 is 14.5 Å². The highest BCUT2D eigenvalue weighted by Crippen LogP contribution is 2.48. The molecule has 0 saturated heterocycles. The number of methoxy groups -OCH3 is 1. The van der Waals surface area contributed by atoms with E-state index in [9.17, 15) is 4.79 Å². The zero-order valence-electron chi connectivity index (χ0n) is 15.8. The predicted octanol–water partition coefficient (Wildman–Crippen LogP) is 4.07. The standard InChI is InChI=1S/C21H26N2O2S/c1-15-20(16-9-11-17(25-4)12-10-16)26-19-8-6-5-7-18(19)23(21(15)24)14-13-22(2)3/h5-12,15,20H,13-14H2,1-4H3. The maximum absolute atomic E-state index is 13.3. The Morgan fingerprint density at radius 1 is 1.12 bits per heavy atom. The summed E-state index contributed by atoms with van der Waals surface area (Å²) in [7, 11) is 5.74. The van der Waals surface area contributed by atoms with Crippen LogP contribution in [-0.4, -0.2) is 45.1 Å². The number of carbonyl (C=O) groups excluding carboxylic acids is 1. The van der Waals surface area contributed by atoms with Gasteiger partial charge in [0.25, 0.3) is 0 Å². The van der Waals surface area contributed by atoms with Gasteiger partial charge in [-0.15, -0.1) is 11.8 Å². The number of rotatable bonds is 5. The summed E-state index contributed by atoms with van der Waals surface area (Å²) in [5.74, 6) is 0.910. The van der Waals surface area contributed by atoms with Crippen LogP contribution in [0.5, 0.6) is 5.75 Å². The van der Waals surface area contributed by atoms with Crippen LogP contribution in [0.25, 0.3) is 0 Å². The minimum atomic E-state index is -0.108. The van der Waals surface area contributed by atoms with Gasteiger partial charge in [-0.3, -0.25) is 4.79 Å². The monoisotopic (exact) mass is 370 g/mol. The molecule has 0 aliphatic carbocycles. The maximum Gasteiger partial charge on any atom is 0.231 e. The smallest absolute Gasteiger partial charge is 0.231 e. The van der Waals surface area contributed by atoms with Crippen LogP contribution in [0.2, 0.25) is 0 Å². The number of anilines is 1. The third-order valence-corrected chi connectivity index (χ3v) is 6.27.